The van der Waals surface area contributed by atoms with E-state index in [2.05, 4.69) is 47.9 Å². The number of hydrogen-bond acceptors (Lipinski definition) is 5. The fraction of sp³-hybridized carbons (Fsp3) is 0.750. The Morgan fingerprint density at radius 2 is 1.95 bits per heavy atom. The van der Waals surface area contributed by atoms with Crippen LogP contribution in [0.3, 0.4) is 0 Å². The molecule has 1 rings (SSSR count). The van der Waals surface area contributed by atoms with Gasteiger partial charge < -0.3 is 15.0 Å². The van der Waals surface area contributed by atoms with Crippen LogP contribution in [-0.4, -0.2) is 42.8 Å². The first-order chi connectivity index (χ1) is 10.0. The summed E-state index contributed by atoms with van der Waals surface area (Å²) >= 11 is 0. The molecule has 1 N–H and O–H groups in total. The number of ether oxygens (including phenoxy) is 1. The third-order valence-electron chi connectivity index (χ3n) is 3.71. The van der Waals surface area contributed by atoms with Crippen molar-refractivity contribution in [1.82, 2.24) is 9.97 Å². The quantitative estimate of drug-likeness (QED) is 0.758. The summed E-state index contributed by atoms with van der Waals surface area (Å²) in [6.07, 6.45) is 2.15. The Morgan fingerprint density at radius 3 is 2.52 bits per heavy atom. The van der Waals surface area contributed by atoms with Gasteiger partial charge in [-0.25, -0.2) is 9.97 Å². The summed E-state index contributed by atoms with van der Waals surface area (Å²) in [6, 6.07) is 0.423. The van der Waals surface area contributed by atoms with E-state index in [1.807, 2.05) is 6.92 Å². The van der Waals surface area contributed by atoms with Crippen LogP contribution < -0.4 is 10.2 Å². The summed E-state index contributed by atoms with van der Waals surface area (Å²) in [6.45, 7) is 13.1. The summed E-state index contributed by atoms with van der Waals surface area (Å²) in [5.41, 5.74) is 1.12. The molecule has 0 aliphatic rings. The van der Waals surface area contributed by atoms with Gasteiger partial charge in [0, 0.05) is 31.8 Å². The van der Waals surface area contributed by atoms with Gasteiger partial charge in [0.1, 0.15) is 17.5 Å². The van der Waals surface area contributed by atoms with Gasteiger partial charge in [-0.1, -0.05) is 13.8 Å². The number of methoxy groups -OCH3 is 1. The SMILES string of the molecule is CCCNc1nc(C)nc(N(CCOC)C(C)CC)c1C. The maximum absolute atomic E-state index is 5.25. The Bertz CT molecular complexity index is 437. The van der Waals surface area contributed by atoms with Gasteiger partial charge in [-0.3, -0.25) is 0 Å². The van der Waals surface area contributed by atoms with Crippen molar-refractivity contribution in [1.29, 1.82) is 0 Å². The number of aryl methyl sites for hydroxylation is 1. The molecule has 0 saturated carbocycles. The second-order valence-electron chi connectivity index (χ2n) is 5.44. The van der Waals surface area contributed by atoms with Crippen LogP contribution in [0, 0.1) is 13.8 Å². The van der Waals surface area contributed by atoms with Gasteiger partial charge in [-0.2, -0.15) is 0 Å². The highest BCUT2D eigenvalue weighted by atomic mass is 16.5. The standard InChI is InChI=1S/C16H30N4O/c1-7-9-17-15-13(4)16(19-14(5)18-15)20(10-11-21-6)12(3)8-2/h12H,7-11H2,1-6H3,(H,17,18,19). The predicted octanol–water partition coefficient (Wildman–Crippen LogP) is 3.17. The molecule has 0 amide bonds. The molecular formula is C16H30N4O. The van der Waals surface area contributed by atoms with Gasteiger partial charge >= 0.3 is 0 Å². The largest absolute Gasteiger partial charge is 0.383 e. The lowest BCUT2D eigenvalue weighted by Gasteiger charge is -2.31. The summed E-state index contributed by atoms with van der Waals surface area (Å²) in [7, 11) is 1.74. The summed E-state index contributed by atoms with van der Waals surface area (Å²) in [4.78, 5) is 11.5. The monoisotopic (exact) mass is 294 g/mol. The molecule has 5 nitrogen and oxygen atoms in total. The molecule has 0 aliphatic carbocycles. The van der Waals surface area contributed by atoms with E-state index in [4.69, 9.17) is 4.74 Å². The molecule has 0 aliphatic heterocycles. The van der Waals surface area contributed by atoms with Crippen molar-refractivity contribution in [3.8, 4) is 0 Å². The molecular weight excluding hydrogens is 264 g/mol. The van der Waals surface area contributed by atoms with Gasteiger partial charge in [-0.05, 0) is 33.6 Å². The number of anilines is 2. The van der Waals surface area contributed by atoms with Crippen LogP contribution in [0.15, 0.2) is 0 Å². The molecule has 0 aromatic carbocycles. The fourth-order valence-electron chi connectivity index (χ4n) is 2.25. The van der Waals surface area contributed by atoms with Gasteiger partial charge in [0.15, 0.2) is 0 Å². The number of hydrogen-bond donors (Lipinski definition) is 1. The summed E-state index contributed by atoms with van der Waals surface area (Å²) in [5.74, 6) is 2.78. The second kappa shape index (κ2) is 8.82. The minimum absolute atomic E-state index is 0.423. The average molecular weight is 294 g/mol. The first-order valence-electron chi connectivity index (χ1n) is 7.89. The Balaban J connectivity index is 3.13. The Hall–Kier alpha value is -1.36. The van der Waals surface area contributed by atoms with Crippen molar-refractivity contribution < 1.29 is 4.74 Å². The predicted molar refractivity (Wildman–Crippen MR) is 89.3 cm³/mol. The van der Waals surface area contributed by atoms with E-state index >= 15 is 0 Å². The molecule has 1 aromatic rings. The fourth-order valence-corrected chi connectivity index (χ4v) is 2.25. The van der Waals surface area contributed by atoms with Crippen molar-refractivity contribution in [3.63, 3.8) is 0 Å². The zero-order valence-corrected chi connectivity index (χ0v) is 14.4. The van der Waals surface area contributed by atoms with Crippen LogP contribution in [0.5, 0.6) is 0 Å². The van der Waals surface area contributed by atoms with Crippen molar-refractivity contribution in [2.24, 2.45) is 0 Å². The summed E-state index contributed by atoms with van der Waals surface area (Å²) in [5, 5.41) is 3.40. The molecule has 0 saturated heterocycles. The molecule has 0 spiro atoms. The zero-order valence-electron chi connectivity index (χ0n) is 14.4. The highest BCUT2D eigenvalue weighted by Gasteiger charge is 2.19. The van der Waals surface area contributed by atoms with Gasteiger partial charge in [0.2, 0.25) is 0 Å². The molecule has 0 bridgehead atoms. The molecule has 0 fully saturated rings. The van der Waals surface area contributed by atoms with E-state index in [0.29, 0.717) is 12.6 Å². The number of aromatic nitrogens is 2. The van der Waals surface area contributed by atoms with Crippen LogP contribution in [0.4, 0.5) is 11.6 Å². The van der Waals surface area contributed by atoms with Crippen LogP contribution in [0.1, 0.15) is 45.0 Å². The first kappa shape index (κ1) is 17.7. The van der Waals surface area contributed by atoms with Crippen LogP contribution >= 0.6 is 0 Å². The third kappa shape index (κ3) is 4.84. The zero-order chi connectivity index (χ0) is 15.8. The van der Waals surface area contributed by atoms with Crippen molar-refractivity contribution in [2.45, 2.75) is 53.5 Å². The molecule has 21 heavy (non-hydrogen) atoms. The van der Waals surface area contributed by atoms with E-state index in [1.165, 1.54) is 0 Å². The van der Waals surface area contributed by atoms with Gasteiger partial charge in [0.05, 0.1) is 6.61 Å². The lowest BCUT2D eigenvalue weighted by Crippen LogP contribution is -2.37. The van der Waals surface area contributed by atoms with E-state index in [0.717, 1.165) is 49.0 Å². The smallest absolute Gasteiger partial charge is 0.137 e. The first-order valence-corrected chi connectivity index (χ1v) is 7.89. The Labute approximate surface area is 129 Å². The van der Waals surface area contributed by atoms with Crippen molar-refractivity contribution in [3.05, 3.63) is 11.4 Å². The van der Waals surface area contributed by atoms with Gasteiger partial charge in [-0.15, -0.1) is 0 Å². The van der Waals surface area contributed by atoms with E-state index in [1.54, 1.807) is 7.11 Å². The normalized spacial score (nSPS) is 12.3. The Kier molecular flexibility index (Phi) is 7.43. The van der Waals surface area contributed by atoms with Crippen molar-refractivity contribution in [2.75, 3.05) is 37.0 Å². The van der Waals surface area contributed by atoms with Gasteiger partial charge in [0.25, 0.3) is 0 Å². The molecule has 1 aromatic heterocycles. The number of nitrogens with zero attached hydrogens (tertiary/aromatic N) is 3. The molecule has 1 unspecified atom stereocenters. The molecule has 5 heteroatoms. The highest BCUT2D eigenvalue weighted by Crippen LogP contribution is 2.25. The third-order valence-corrected chi connectivity index (χ3v) is 3.71. The molecule has 0 radical (unpaired) electrons. The topological polar surface area (TPSA) is 50.3 Å². The molecule has 120 valence electrons. The number of rotatable bonds is 9. The lowest BCUT2D eigenvalue weighted by molar-refractivity contribution is 0.203. The average Bonchev–Trinajstić information content (AvgIpc) is 2.48. The summed E-state index contributed by atoms with van der Waals surface area (Å²) < 4.78 is 5.25. The maximum atomic E-state index is 5.25. The van der Waals surface area contributed by atoms with Crippen molar-refractivity contribution >= 4 is 11.6 Å². The van der Waals surface area contributed by atoms with E-state index in [9.17, 15) is 0 Å². The molecule has 1 atom stereocenters. The Morgan fingerprint density at radius 1 is 1.24 bits per heavy atom. The van der Waals surface area contributed by atoms with Crippen LogP contribution in [-0.2, 0) is 4.74 Å². The highest BCUT2D eigenvalue weighted by molar-refractivity contribution is 5.59. The number of nitrogens with one attached hydrogen (secondary N) is 1. The van der Waals surface area contributed by atoms with E-state index in [-0.39, 0.29) is 0 Å². The molecule has 1 heterocycles. The minimum atomic E-state index is 0.423. The lowest BCUT2D eigenvalue weighted by atomic mass is 10.2. The minimum Gasteiger partial charge on any atom is -0.383 e. The van der Waals surface area contributed by atoms with Crippen LogP contribution in [0.2, 0.25) is 0 Å². The second-order valence-corrected chi connectivity index (χ2v) is 5.44. The van der Waals surface area contributed by atoms with Crippen LogP contribution in [0.25, 0.3) is 0 Å². The van der Waals surface area contributed by atoms with E-state index < -0.39 is 0 Å². The maximum Gasteiger partial charge on any atom is 0.137 e.